The molecule has 0 saturated carbocycles. The maximum Gasteiger partial charge on any atom is 0.319 e. The molecular weight excluding hydrogens is 274 g/mol. The monoisotopic (exact) mass is 295 g/mol. The first kappa shape index (κ1) is 15.1. The van der Waals surface area contributed by atoms with Crippen LogP contribution in [0.5, 0.6) is 0 Å². The minimum atomic E-state index is 0.0926. The maximum atomic E-state index is 11.9. The Bertz CT molecular complexity index is 470. The molecule has 1 atom stereocenters. The summed E-state index contributed by atoms with van der Waals surface area (Å²) in [6.45, 7) is 5.47. The van der Waals surface area contributed by atoms with Crippen molar-refractivity contribution in [1.82, 2.24) is 14.7 Å². The molecule has 1 aliphatic rings. The normalized spacial score (nSPS) is 17.9. The molecular formula is C15H22ClN3O. The number of amides is 2. The van der Waals surface area contributed by atoms with Crippen LogP contribution >= 0.6 is 11.6 Å². The van der Waals surface area contributed by atoms with Crippen molar-refractivity contribution in [2.45, 2.75) is 13.0 Å². The Kier molecular flexibility index (Phi) is 4.89. The molecule has 2 amide bonds. The second-order valence-corrected chi connectivity index (χ2v) is 5.80. The van der Waals surface area contributed by atoms with E-state index in [0.717, 1.165) is 36.8 Å². The van der Waals surface area contributed by atoms with Gasteiger partial charge in [0.05, 0.1) is 0 Å². The van der Waals surface area contributed by atoms with Crippen molar-refractivity contribution in [2.24, 2.45) is 0 Å². The van der Waals surface area contributed by atoms with E-state index in [1.165, 1.54) is 0 Å². The smallest absolute Gasteiger partial charge is 0.319 e. The molecule has 2 rings (SSSR count). The summed E-state index contributed by atoms with van der Waals surface area (Å²) in [6, 6.07) is 8.34. The van der Waals surface area contributed by atoms with Crippen molar-refractivity contribution < 1.29 is 4.79 Å². The number of hydrogen-bond donors (Lipinski definition) is 0. The minimum Gasteiger partial charge on any atom is -0.331 e. The molecule has 0 aromatic heterocycles. The van der Waals surface area contributed by atoms with E-state index in [9.17, 15) is 4.79 Å². The van der Waals surface area contributed by atoms with Crippen LogP contribution < -0.4 is 0 Å². The van der Waals surface area contributed by atoms with Crippen LogP contribution in [0.1, 0.15) is 18.5 Å². The molecule has 1 saturated heterocycles. The summed E-state index contributed by atoms with van der Waals surface area (Å²) in [5.41, 5.74) is 1.15. The Hall–Kier alpha value is -1.26. The van der Waals surface area contributed by atoms with Crippen LogP contribution in [0.2, 0.25) is 5.02 Å². The third kappa shape index (κ3) is 3.25. The highest BCUT2D eigenvalue weighted by Gasteiger charge is 2.26. The molecule has 0 radical (unpaired) electrons. The molecule has 1 aliphatic heterocycles. The molecule has 4 nitrogen and oxygen atoms in total. The maximum absolute atomic E-state index is 11.9. The Morgan fingerprint density at radius 3 is 2.35 bits per heavy atom. The van der Waals surface area contributed by atoms with Gasteiger partial charge < -0.3 is 9.80 Å². The minimum absolute atomic E-state index is 0.0926. The number of rotatable bonds is 2. The largest absolute Gasteiger partial charge is 0.331 e. The van der Waals surface area contributed by atoms with Crippen LogP contribution in [0.4, 0.5) is 4.79 Å². The highest BCUT2D eigenvalue weighted by Crippen LogP contribution is 2.27. The highest BCUT2D eigenvalue weighted by atomic mass is 35.5. The van der Waals surface area contributed by atoms with Gasteiger partial charge in [-0.05, 0) is 18.6 Å². The van der Waals surface area contributed by atoms with Crippen molar-refractivity contribution in [3.8, 4) is 0 Å². The van der Waals surface area contributed by atoms with Crippen LogP contribution in [0, 0.1) is 0 Å². The van der Waals surface area contributed by atoms with Crippen LogP contribution in [-0.4, -0.2) is 61.0 Å². The van der Waals surface area contributed by atoms with Gasteiger partial charge in [0.2, 0.25) is 0 Å². The van der Waals surface area contributed by atoms with Gasteiger partial charge in [-0.25, -0.2) is 4.79 Å². The second-order valence-electron chi connectivity index (χ2n) is 5.40. The predicted octanol–water partition coefficient (Wildman–Crippen LogP) is 2.70. The Balaban J connectivity index is 1.97. The fraction of sp³-hybridized carbons (Fsp3) is 0.533. The molecule has 20 heavy (non-hydrogen) atoms. The Morgan fingerprint density at radius 1 is 1.20 bits per heavy atom. The molecule has 0 spiro atoms. The number of urea groups is 1. The van der Waals surface area contributed by atoms with Gasteiger partial charge in [0.25, 0.3) is 0 Å². The van der Waals surface area contributed by atoms with Gasteiger partial charge >= 0.3 is 6.03 Å². The van der Waals surface area contributed by atoms with Gasteiger partial charge in [-0.15, -0.1) is 0 Å². The first-order valence-electron chi connectivity index (χ1n) is 6.95. The summed E-state index contributed by atoms with van der Waals surface area (Å²) >= 11 is 6.26. The van der Waals surface area contributed by atoms with Gasteiger partial charge in [-0.3, -0.25) is 4.90 Å². The first-order valence-corrected chi connectivity index (χ1v) is 7.33. The third-order valence-corrected chi connectivity index (χ3v) is 4.21. The lowest BCUT2D eigenvalue weighted by atomic mass is 10.1. The summed E-state index contributed by atoms with van der Waals surface area (Å²) in [5, 5.41) is 0.812. The number of halogens is 1. The van der Waals surface area contributed by atoms with Gasteiger partial charge in [-0.1, -0.05) is 29.8 Å². The van der Waals surface area contributed by atoms with Crippen molar-refractivity contribution in [2.75, 3.05) is 40.3 Å². The Labute approximate surface area is 125 Å². The number of carbonyl (C=O) groups is 1. The molecule has 0 bridgehead atoms. The molecule has 1 unspecified atom stereocenters. The fourth-order valence-electron chi connectivity index (χ4n) is 2.59. The van der Waals surface area contributed by atoms with E-state index < -0.39 is 0 Å². The molecule has 1 heterocycles. The lowest BCUT2D eigenvalue weighted by Crippen LogP contribution is -2.51. The number of hydrogen-bond acceptors (Lipinski definition) is 2. The van der Waals surface area contributed by atoms with Crippen molar-refractivity contribution in [1.29, 1.82) is 0 Å². The van der Waals surface area contributed by atoms with E-state index >= 15 is 0 Å². The molecule has 0 aliphatic carbocycles. The van der Waals surface area contributed by atoms with E-state index in [1.54, 1.807) is 19.0 Å². The number of piperazine rings is 1. The summed E-state index contributed by atoms with van der Waals surface area (Å²) in [6.07, 6.45) is 0. The quantitative estimate of drug-likeness (QED) is 0.839. The van der Waals surface area contributed by atoms with Crippen molar-refractivity contribution in [3.05, 3.63) is 34.9 Å². The summed E-state index contributed by atoms with van der Waals surface area (Å²) in [7, 11) is 3.59. The Morgan fingerprint density at radius 2 is 1.80 bits per heavy atom. The molecule has 1 aromatic carbocycles. The standard InChI is InChI=1S/C15H22ClN3O/c1-12(13-6-4-5-7-14(13)16)18-8-10-19(11-9-18)15(20)17(2)3/h4-7,12H,8-11H2,1-3H3. The van der Waals surface area contributed by atoms with Crippen LogP contribution in [0.3, 0.4) is 0 Å². The summed E-state index contributed by atoms with van der Waals surface area (Å²) < 4.78 is 0. The van der Waals surface area contributed by atoms with Crippen molar-refractivity contribution in [3.63, 3.8) is 0 Å². The SMILES string of the molecule is CC(c1ccccc1Cl)N1CCN(C(=O)N(C)C)CC1. The van der Waals surface area contributed by atoms with E-state index in [2.05, 4.69) is 17.9 Å². The zero-order chi connectivity index (χ0) is 14.7. The highest BCUT2D eigenvalue weighted by molar-refractivity contribution is 6.31. The van der Waals surface area contributed by atoms with Gasteiger partial charge in [0.15, 0.2) is 0 Å². The average Bonchev–Trinajstić information content (AvgIpc) is 2.46. The second kappa shape index (κ2) is 6.46. The fourth-order valence-corrected chi connectivity index (χ4v) is 2.89. The van der Waals surface area contributed by atoms with Crippen LogP contribution in [0.15, 0.2) is 24.3 Å². The van der Waals surface area contributed by atoms with Gasteiger partial charge in [0, 0.05) is 51.3 Å². The van der Waals surface area contributed by atoms with E-state index in [-0.39, 0.29) is 12.1 Å². The molecule has 5 heteroatoms. The van der Waals surface area contributed by atoms with Crippen LogP contribution in [-0.2, 0) is 0 Å². The molecule has 1 aromatic rings. The third-order valence-electron chi connectivity index (χ3n) is 3.87. The average molecular weight is 296 g/mol. The number of benzene rings is 1. The predicted molar refractivity (Wildman–Crippen MR) is 82.1 cm³/mol. The first-order chi connectivity index (χ1) is 9.50. The molecule has 0 N–H and O–H groups in total. The van der Waals surface area contributed by atoms with E-state index in [1.807, 2.05) is 23.1 Å². The zero-order valence-electron chi connectivity index (χ0n) is 12.3. The lowest BCUT2D eigenvalue weighted by Gasteiger charge is -2.39. The lowest BCUT2D eigenvalue weighted by molar-refractivity contribution is 0.102. The van der Waals surface area contributed by atoms with E-state index in [0.29, 0.717) is 0 Å². The van der Waals surface area contributed by atoms with E-state index in [4.69, 9.17) is 11.6 Å². The summed E-state index contributed by atoms with van der Waals surface area (Å²) in [5.74, 6) is 0. The van der Waals surface area contributed by atoms with Gasteiger partial charge in [-0.2, -0.15) is 0 Å². The molecule has 1 fully saturated rings. The number of nitrogens with zero attached hydrogens (tertiary/aromatic N) is 3. The number of carbonyl (C=O) groups excluding carboxylic acids is 1. The van der Waals surface area contributed by atoms with Gasteiger partial charge in [0.1, 0.15) is 0 Å². The molecule has 110 valence electrons. The zero-order valence-corrected chi connectivity index (χ0v) is 13.1. The topological polar surface area (TPSA) is 26.8 Å². The van der Waals surface area contributed by atoms with Crippen LogP contribution in [0.25, 0.3) is 0 Å². The summed E-state index contributed by atoms with van der Waals surface area (Å²) in [4.78, 5) is 17.8. The van der Waals surface area contributed by atoms with Crippen molar-refractivity contribution >= 4 is 17.6 Å².